The van der Waals surface area contributed by atoms with Crippen LogP contribution in [0.5, 0.6) is 0 Å². The fraction of sp³-hybridized carbons (Fsp3) is 0.571. The van der Waals surface area contributed by atoms with E-state index in [0.717, 1.165) is 43.4 Å². The van der Waals surface area contributed by atoms with Crippen LogP contribution >= 0.6 is 11.6 Å². The minimum atomic E-state index is -1.03. The average molecular weight is 391 g/mol. The third-order valence-corrected chi connectivity index (χ3v) is 6.03. The number of aliphatic imine (C=N–C) groups is 1. The standard InChI is InChI=1S/C21H27ClN2O3/c1-3-13(2)19-21(27)24(12-18(25)26)17-10-9-15(22)11-16(17)20(23-19)14-7-5-4-6-8-14/h9-11,13-14,19H,3-8,12H2,1-2H3,(H,25,26)/t13?,19-/m0/s1. The third kappa shape index (κ3) is 4.18. The summed E-state index contributed by atoms with van der Waals surface area (Å²) in [6, 6.07) is 4.75. The van der Waals surface area contributed by atoms with E-state index in [1.807, 2.05) is 19.9 Å². The van der Waals surface area contributed by atoms with Crippen molar-refractivity contribution in [1.82, 2.24) is 0 Å². The number of benzene rings is 1. The summed E-state index contributed by atoms with van der Waals surface area (Å²) in [6.07, 6.45) is 6.43. The summed E-state index contributed by atoms with van der Waals surface area (Å²) < 4.78 is 0. The summed E-state index contributed by atoms with van der Waals surface area (Å²) in [5, 5.41) is 9.97. The largest absolute Gasteiger partial charge is 0.480 e. The maximum atomic E-state index is 13.3. The molecule has 0 radical (unpaired) electrons. The van der Waals surface area contributed by atoms with E-state index in [1.54, 1.807) is 12.1 Å². The molecule has 1 unspecified atom stereocenters. The van der Waals surface area contributed by atoms with Crippen LogP contribution in [0.15, 0.2) is 23.2 Å². The highest BCUT2D eigenvalue weighted by atomic mass is 35.5. The van der Waals surface area contributed by atoms with Crippen molar-refractivity contribution in [1.29, 1.82) is 0 Å². The smallest absolute Gasteiger partial charge is 0.323 e. The molecule has 1 fully saturated rings. The molecule has 1 aromatic carbocycles. The van der Waals surface area contributed by atoms with Gasteiger partial charge in [-0.2, -0.15) is 0 Å². The maximum Gasteiger partial charge on any atom is 0.323 e. The topological polar surface area (TPSA) is 70.0 Å². The Kier molecular flexibility index (Phi) is 6.20. The number of benzodiazepines with no additional fused rings is 1. The van der Waals surface area contributed by atoms with E-state index >= 15 is 0 Å². The molecule has 2 atom stereocenters. The summed E-state index contributed by atoms with van der Waals surface area (Å²) in [4.78, 5) is 31.1. The van der Waals surface area contributed by atoms with Crippen LogP contribution < -0.4 is 4.90 Å². The van der Waals surface area contributed by atoms with Gasteiger partial charge in [0.05, 0.1) is 5.69 Å². The first-order chi connectivity index (χ1) is 12.9. The minimum Gasteiger partial charge on any atom is -0.480 e. The van der Waals surface area contributed by atoms with E-state index < -0.39 is 12.0 Å². The number of nitrogens with zero attached hydrogens (tertiary/aromatic N) is 2. The number of carbonyl (C=O) groups is 2. The molecule has 1 aromatic rings. The van der Waals surface area contributed by atoms with Crippen LogP contribution in [-0.4, -0.2) is 35.3 Å². The SMILES string of the molecule is CCC(C)[C@@H]1N=C(C2CCCCC2)c2cc(Cl)ccc2N(CC(=O)O)C1=O. The molecular weight excluding hydrogens is 364 g/mol. The lowest BCUT2D eigenvalue weighted by molar-refractivity contribution is -0.136. The van der Waals surface area contributed by atoms with E-state index in [1.165, 1.54) is 11.3 Å². The Morgan fingerprint density at radius 1 is 1.33 bits per heavy atom. The Morgan fingerprint density at radius 3 is 2.67 bits per heavy atom. The molecule has 27 heavy (non-hydrogen) atoms. The van der Waals surface area contributed by atoms with Crippen molar-refractivity contribution in [2.75, 3.05) is 11.4 Å². The maximum absolute atomic E-state index is 13.3. The molecule has 3 rings (SSSR count). The molecule has 0 saturated heterocycles. The molecule has 5 nitrogen and oxygen atoms in total. The second-order valence-electron chi connectivity index (χ2n) is 7.66. The Balaban J connectivity index is 2.17. The van der Waals surface area contributed by atoms with Crippen LogP contribution in [0.25, 0.3) is 0 Å². The number of carboxylic acids is 1. The molecule has 1 aliphatic carbocycles. The number of halogens is 1. The van der Waals surface area contributed by atoms with Crippen LogP contribution in [0.4, 0.5) is 5.69 Å². The quantitative estimate of drug-likeness (QED) is 0.801. The van der Waals surface area contributed by atoms with Gasteiger partial charge in [-0.3, -0.25) is 19.5 Å². The lowest BCUT2D eigenvalue weighted by Crippen LogP contribution is -2.43. The van der Waals surface area contributed by atoms with Crippen LogP contribution in [0.2, 0.25) is 5.02 Å². The number of anilines is 1. The van der Waals surface area contributed by atoms with Crippen molar-refractivity contribution >= 4 is 34.9 Å². The van der Waals surface area contributed by atoms with E-state index in [4.69, 9.17) is 16.6 Å². The Morgan fingerprint density at radius 2 is 2.04 bits per heavy atom. The molecule has 0 bridgehead atoms. The van der Waals surface area contributed by atoms with Crippen molar-refractivity contribution < 1.29 is 14.7 Å². The van der Waals surface area contributed by atoms with Crippen LogP contribution in [0.3, 0.4) is 0 Å². The zero-order valence-corrected chi connectivity index (χ0v) is 16.7. The van der Waals surface area contributed by atoms with E-state index in [-0.39, 0.29) is 18.4 Å². The van der Waals surface area contributed by atoms with Gasteiger partial charge in [0, 0.05) is 22.2 Å². The zero-order valence-electron chi connectivity index (χ0n) is 15.9. The monoisotopic (exact) mass is 390 g/mol. The fourth-order valence-electron chi connectivity index (χ4n) is 4.10. The average Bonchev–Trinajstić information content (AvgIpc) is 2.77. The van der Waals surface area contributed by atoms with Crippen LogP contribution in [-0.2, 0) is 9.59 Å². The molecule has 2 aliphatic rings. The number of hydrogen-bond donors (Lipinski definition) is 1. The first-order valence-electron chi connectivity index (χ1n) is 9.83. The summed E-state index contributed by atoms with van der Waals surface area (Å²) in [5.74, 6) is -0.938. The summed E-state index contributed by atoms with van der Waals surface area (Å²) >= 11 is 6.28. The van der Waals surface area contributed by atoms with Gasteiger partial charge < -0.3 is 5.11 Å². The molecule has 1 saturated carbocycles. The van der Waals surface area contributed by atoms with Crippen LogP contribution in [0, 0.1) is 11.8 Å². The predicted octanol–water partition coefficient (Wildman–Crippen LogP) is 4.56. The lowest BCUT2D eigenvalue weighted by Gasteiger charge is -2.26. The molecule has 6 heteroatoms. The summed E-state index contributed by atoms with van der Waals surface area (Å²) in [6.45, 7) is 3.67. The highest BCUT2D eigenvalue weighted by Gasteiger charge is 2.37. The van der Waals surface area contributed by atoms with Crippen molar-refractivity contribution in [3.63, 3.8) is 0 Å². The molecule has 0 aromatic heterocycles. The van der Waals surface area contributed by atoms with Gasteiger partial charge in [0.25, 0.3) is 5.91 Å². The summed E-state index contributed by atoms with van der Waals surface area (Å²) in [7, 11) is 0. The van der Waals surface area contributed by atoms with Gasteiger partial charge in [0.15, 0.2) is 0 Å². The van der Waals surface area contributed by atoms with E-state index in [0.29, 0.717) is 16.6 Å². The van der Waals surface area contributed by atoms with Gasteiger partial charge in [0.1, 0.15) is 12.6 Å². The minimum absolute atomic E-state index is 0.0390. The first kappa shape index (κ1) is 19.9. The highest BCUT2D eigenvalue weighted by Crippen LogP contribution is 2.36. The first-order valence-corrected chi connectivity index (χ1v) is 10.2. The number of hydrogen-bond acceptors (Lipinski definition) is 3. The van der Waals surface area contributed by atoms with Crippen molar-refractivity contribution in [3.05, 3.63) is 28.8 Å². The van der Waals surface area contributed by atoms with Gasteiger partial charge in [-0.1, -0.05) is 51.1 Å². The number of amides is 1. The van der Waals surface area contributed by atoms with Crippen molar-refractivity contribution in [2.45, 2.75) is 58.4 Å². The molecule has 0 spiro atoms. The number of rotatable bonds is 5. The van der Waals surface area contributed by atoms with Gasteiger partial charge >= 0.3 is 5.97 Å². The zero-order chi connectivity index (χ0) is 19.6. The highest BCUT2D eigenvalue weighted by molar-refractivity contribution is 6.31. The van der Waals surface area contributed by atoms with E-state index in [9.17, 15) is 14.7 Å². The Labute approximate surface area is 165 Å². The second-order valence-corrected chi connectivity index (χ2v) is 8.10. The second kappa shape index (κ2) is 8.42. The molecule has 146 valence electrons. The number of aliphatic carboxylic acids is 1. The number of carbonyl (C=O) groups excluding carboxylic acids is 1. The molecule has 1 N–H and O–H groups in total. The Hall–Kier alpha value is -1.88. The number of carboxylic acid groups (broad SMARTS) is 1. The normalized spacial score (nSPS) is 22.0. The van der Waals surface area contributed by atoms with E-state index in [2.05, 4.69) is 0 Å². The van der Waals surface area contributed by atoms with Gasteiger partial charge in [-0.25, -0.2) is 0 Å². The number of fused-ring (bicyclic) bond motifs is 1. The van der Waals surface area contributed by atoms with Gasteiger partial charge in [-0.15, -0.1) is 0 Å². The van der Waals surface area contributed by atoms with Gasteiger partial charge in [0.2, 0.25) is 0 Å². The molecular formula is C21H27ClN2O3. The fourth-order valence-corrected chi connectivity index (χ4v) is 4.27. The molecule has 1 aliphatic heterocycles. The molecule has 1 amide bonds. The Bertz CT molecular complexity index is 756. The summed E-state index contributed by atoms with van der Waals surface area (Å²) in [5.41, 5.74) is 2.36. The van der Waals surface area contributed by atoms with Crippen LogP contribution in [0.1, 0.15) is 57.9 Å². The lowest BCUT2D eigenvalue weighted by atomic mass is 9.82. The molecule has 1 heterocycles. The predicted molar refractivity (Wildman–Crippen MR) is 108 cm³/mol. The van der Waals surface area contributed by atoms with Crippen molar-refractivity contribution in [3.8, 4) is 0 Å². The third-order valence-electron chi connectivity index (χ3n) is 5.79. The van der Waals surface area contributed by atoms with Gasteiger partial charge in [-0.05, 0) is 37.0 Å². The van der Waals surface area contributed by atoms with Crippen molar-refractivity contribution in [2.24, 2.45) is 16.8 Å².